The molecule has 2 heterocycles. The first-order valence-electron chi connectivity index (χ1n) is 6.03. The monoisotopic (exact) mass is 290 g/mol. The Labute approximate surface area is 117 Å². The Morgan fingerprint density at radius 3 is 2.67 bits per heavy atom. The lowest BCUT2D eigenvalue weighted by atomic mass is 9.89. The standard InChI is InChI=1S/C13H10N2O6/c16-12(17)10-9(11(13(18)19)21-15(10)20)7-5-14-8-4-2-1-3-6(7)8/h1-5,9,11,14H,(H,16,17)(H,18,19)/t9-,11-/m0/s1. The van der Waals surface area contributed by atoms with Crippen molar-refractivity contribution in [1.29, 1.82) is 0 Å². The van der Waals surface area contributed by atoms with Gasteiger partial charge in [0, 0.05) is 17.1 Å². The van der Waals surface area contributed by atoms with E-state index < -0.39 is 29.7 Å². The van der Waals surface area contributed by atoms with Crippen molar-refractivity contribution in [2.75, 3.05) is 0 Å². The Kier molecular flexibility index (Phi) is 2.79. The molecule has 1 aromatic carbocycles. The molecule has 0 aliphatic carbocycles. The second kappa shape index (κ2) is 4.51. The fourth-order valence-corrected chi connectivity index (χ4v) is 2.54. The van der Waals surface area contributed by atoms with Gasteiger partial charge in [0.1, 0.15) is 5.92 Å². The maximum atomic E-state index is 11.6. The fraction of sp³-hybridized carbons (Fsp3) is 0.154. The number of nitrogens with zero attached hydrogens (tertiary/aromatic N) is 1. The highest BCUT2D eigenvalue weighted by molar-refractivity contribution is 6.36. The summed E-state index contributed by atoms with van der Waals surface area (Å²) in [6, 6.07) is 7.00. The molecule has 0 amide bonds. The molecule has 0 bridgehead atoms. The Hall–Kier alpha value is -3.03. The van der Waals surface area contributed by atoms with Crippen LogP contribution in [0.1, 0.15) is 11.5 Å². The number of carboxylic acid groups (broad SMARTS) is 2. The number of carbonyl (C=O) groups is 2. The molecule has 2 aromatic rings. The van der Waals surface area contributed by atoms with E-state index in [9.17, 15) is 14.8 Å². The molecule has 0 unspecified atom stereocenters. The van der Waals surface area contributed by atoms with Crippen molar-refractivity contribution >= 4 is 28.6 Å². The molecule has 2 atom stereocenters. The third-order valence-corrected chi connectivity index (χ3v) is 3.42. The van der Waals surface area contributed by atoms with Crippen molar-refractivity contribution in [1.82, 2.24) is 4.98 Å². The van der Waals surface area contributed by atoms with Gasteiger partial charge in [0.15, 0.2) is 6.10 Å². The molecule has 0 saturated carbocycles. The second-order valence-electron chi connectivity index (χ2n) is 4.58. The van der Waals surface area contributed by atoms with Crippen molar-refractivity contribution in [3.63, 3.8) is 0 Å². The normalized spacial score (nSPS) is 21.5. The topological polar surface area (TPSA) is 126 Å². The molecule has 0 spiro atoms. The number of para-hydroxylation sites is 1. The number of aliphatic carboxylic acids is 2. The van der Waals surface area contributed by atoms with E-state index in [1.165, 1.54) is 6.20 Å². The van der Waals surface area contributed by atoms with Gasteiger partial charge in [-0.2, -0.15) is 0 Å². The summed E-state index contributed by atoms with van der Waals surface area (Å²) in [6.07, 6.45) is -0.0793. The first kappa shape index (κ1) is 13.0. The molecule has 8 nitrogen and oxygen atoms in total. The van der Waals surface area contributed by atoms with E-state index >= 15 is 0 Å². The van der Waals surface area contributed by atoms with E-state index in [4.69, 9.17) is 10.2 Å². The third-order valence-electron chi connectivity index (χ3n) is 3.42. The molecule has 21 heavy (non-hydrogen) atoms. The van der Waals surface area contributed by atoms with Crippen molar-refractivity contribution in [3.05, 3.63) is 41.2 Å². The second-order valence-corrected chi connectivity index (χ2v) is 4.58. The predicted molar refractivity (Wildman–Crippen MR) is 69.8 cm³/mol. The Balaban J connectivity index is 2.20. The largest absolute Gasteiger partial charge is 0.480 e. The van der Waals surface area contributed by atoms with Gasteiger partial charge in [-0.05, 0) is 11.6 Å². The molecule has 108 valence electrons. The molecule has 0 saturated heterocycles. The molecule has 3 rings (SSSR count). The third kappa shape index (κ3) is 1.88. The number of hydrogen-bond donors (Lipinski definition) is 3. The van der Waals surface area contributed by atoms with Crippen molar-refractivity contribution in [2.45, 2.75) is 12.0 Å². The number of H-pyrrole nitrogens is 1. The molecule has 8 heteroatoms. The van der Waals surface area contributed by atoms with Gasteiger partial charge in [0.25, 0.3) is 0 Å². The van der Waals surface area contributed by atoms with Gasteiger partial charge >= 0.3 is 17.7 Å². The molecule has 1 aliphatic rings. The van der Waals surface area contributed by atoms with Crippen molar-refractivity contribution in [3.8, 4) is 0 Å². The molecule has 0 fully saturated rings. The highest BCUT2D eigenvalue weighted by Crippen LogP contribution is 2.34. The smallest absolute Gasteiger partial charge is 0.403 e. The SMILES string of the molecule is O=C(O)C1=[N+]([O-])O[C@H](C(=O)O)[C@H]1c1c[nH]c2ccccc12. The number of rotatable bonds is 3. The zero-order chi connectivity index (χ0) is 15.1. The molecule has 1 aliphatic heterocycles. The van der Waals surface area contributed by atoms with Gasteiger partial charge in [-0.25, -0.2) is 4.79 Å². The molecule has 0 radical (unpaired) electrons. The molecular formula is C13H10N2O6. The first-order valence-corrected chi connectivity index (χ1v) is 6.03. The van der Waals surface area contributed by atoms with Gasteiger partial charge in [-0.3, -0.25) is 10.0 Å². The lowest BCUT2D eigenvalue weighted by molar-refractivity contribution is -0.736. The first-order chi connectivity index (χ1) is 10.0. The van der Waals surface area contributed by atoms with Gasteiger partial charge in [-0.1, -0.05) is 18.2 Å². The van der Waals surface area contributed by atoms with E-state index in [-0.39, 0.29) is 4.90 Å². The van der Waals surface area contributed by atoms with Gasteiger partial charge in [0.2, 0.25) is 0 Å². The van der Waals surface area contributed by atoms with Crippen LogP contribution >= 0.6 is 0 Å². The summed E-state index contributed by atoms with van der Waals surface area (Å²) in [7, 11) is 0. The number of benzene rings is 1. The molecular weight excluding hydrogens is 280 g/mol. The predicted octanol–water partition coefficient (Wildman–Crippen LogP) is 0.686. The summed E-state index contributed by atoms with van der Waals surface area (Å²) < 4.78 is 0. The van der Waals surface area contributed by atoms with Crippen LogP contribution in [0.3, 0.4) is 0 Å². The van der Waals surface area contributed by atoms with Crippen LogP contribution in [-0.2, 0) is 14.4 Å². The van der Waals surface area contributed by atoms with Crippen LogP contribution < -0.4 is 0 Å². The summed E-state index contributed by atoms with van der Waals surface area (Å²) in [5, 5.41) is 30.5. The van der Waals surface area contributed by atoms with Crippen LogP contribution in [0, 0.1) is 5.21 Å². The van der Waals surface area contributed by atoms with Crippen LogP contribution in [0.5, 0.6) is 0 Å². The van der Waals surface area contributed by atoms with Crippen LogP contribution in [0.25, 0.3) is 10.9 Å². The minimum atomic E-state index is -1.58. The maximum Gasteiger partial charge on any atom is 0.403 e. The molecule has 3 N–H and O–H groups in total. The van der Waals surface area contributed by atoms with Crippen LogP contribution in [0.4, 0.5) is 0 Å². The zero-order valence-electron chi connectivity index (χ0n) is 10.5. The van der Waals surface area contributed by atoms with Crippen LogP contribution in [0.2, 0.25) is 0 Å². The van der Waals surface area contributed by atoms with E-state index in [0.717, 1.165) is 0 Å². The van der Waals surface area contributed by atoms with E-state index in [2.05, 4.69) is 9.82 Å². The number of nitrogens with one attached hydrogen (secondary N) is 1. The Bertz CT molecular complexity index is 778. The molecule has 1 aromatic heterocycles. The van der Waals surface area contributed by atoms with E-state index in [1.807, 2.05) is 0 Å². The summed E-state index contributed by atoms with van der Waals surface area (Å²) in [4.78, 5) is 29.8. The van der Waals surface area contributed by atoms with Crippen molar-refractivity contribution < 1.29 is 29.5 Å². The fourth-order valence-electron chi connectivity index (χ4n) is 2.54. The van der Waals surface area contributed by atoms with E-state index in [0.29, 0.717) is 16.5 Å². The summed E-state index contributed by atoms with van der Waals surface area (Å²) >= 11 is 0. The van der Waals surface area contributed by atoms with Crippen molar-refractivity contribution in [2.24, 2.45) is 0 Å². The van der Waals surface area contributed by atoms with Gasteiger partial charge in [-0.15, -0.1) is 0 Å². The summed E-state index contributed by atoms with van der Waals surface area (Å²) in [5.41, 5.74) is 0.464. The summed E-state index contributed by atoms with van der Waals surface area (Å²) in [6.45, 7) is 0. The number of fused-ring (bicyclic) bond motifs is 1. The highest BCUT2D eigenvalue weighted by atomic mass is 16.9. The number of carboxylic acids is 2. The zero-order valence-corrected chi connectivity index (χ0v) is 10.5. The summed E-state index contributed by atoms with van der Waals surface area (Å²) in [5.74, 6) is -4.10. The van der Waals surface area contributed by atoms with Crippen LogP contribution in [-0.4, -0.2) is 43.9 Å². The number of aromatic amines is 1. The number of hydrogen-bond acceptors (Lipinski definition) is 4. The minimum Gasteiger partial charge on any atom is -0.480 e. The quantitative estimate of drug-likeness (QED) is 0.714. The minimum absolute atomic E-state index is 0.229. The number of aromatic nitrogens is 1. The van der Waals surface area contributed by atoms with Gasteiger partial charge in [0.05, 0.1) is 4.90 Å². The van der Waals surface area contributed by atoms with Crippen LogP contribution in [0.15, 0.2) is 30.5 Å². The average Bonchev–Trinajstić information content (AvgIpc) is 2.99. The Morgan fingerprint density at radius 2 is 2.00 bits per heavy atom. The van der Waals surface area contributed by atoms with E-state index in [1.54, 1.807) is 24.3 Å². The average molecular weight is 290 g/mol. The Morgan fingerprint density at radius 1 is 1.29 bits per heavy atom. The maximum absolute atomic E-state index is 11.6. The lowest BCUT2D eigenvalue weighted by Gasteiger charge is -2.13. The lowest BCUT2D eigenvalue weighted by Crippen LogP contribution is -2.32. The van der Waals surface area contributed by atoms with Gasteiger partial charge < -0.3 is 20.0 Å². The highest BCUT2D eigenvalue weighted by Gasteiger charge is 2.49.